The molecule has 1 N–H and O–H groups in total. The van der Waals surface area contributed by atoms with Crippen molar-refractivity contribution in [2.45, 2.75) is 20.0 Å². The molecular formula is C19H15FN4O2S. The Balaban J connectivity index is 1.59. The summed E-state index contributed by atoms with van der Waals surface area (Å²) in [6.45, 7) is 1.83. The highest BCUT2D eigenvalue weighted by molar-refractivity contribution is 7.25. The first kappa shape index (κ1) is 17.3. The summed E-state index contributed by atoms with van der Waals surface area (Å²) in [5, 5.41) is 3.58. The lowest BCUT2D eigenvalue weighted by molar-refractivity contribution is -0.121. The molecule has 4 aromatic rings. The maximum absolute atomic E-state index is 12.9. The molecule has 0 saturated carbocycles. The standard InChI is InChI=1S/C19H15FN4O2S/c1-11-23-16-14-3-2-8-21-18(14)27-17(16)19(26)24(11)10-15(25)22-9-12-4-6-13(20)7-5-12/h2-8H,9-10H2,1H3,(H,22,25). The summed E-state index contributed by atoms with van der Waals surface area (Å²) in [4.78, 5) is 34.7. The molecule has 0 saturated heterocycles. The van der Waals surface area contributed by atoms with Gasteiger partial charge in [-0.2, -0.15) is 0 Å². The number of pyridine rings is 1. The molecule has 0 aliphatic rings. The van der Waals surface area contributed by atoms with E-state index in [1.54, 1.807) is 31.3 Å². The fourth-order valence-corrected chi connectivity index (χ4v) is 3.89. The zero-order valence-corrected chi connectivity index (χ0v) is 15.2. The number of benzene rings is 1. The van der Waals surface area contributed by atoms with Crippen molar-refractivity contribution in [3.8, 4) is 0 Å². The van der Waals surface area contributed by atoms with Crippen LogP contribution in [0, 0.1) is 12.7 Å². The minimum atomic E-state index is -0.329. The smallest absolute Gasteiger partial charge is 0.272 e. The van der Waals surface area contributed by atoms with E-state index in [2.05, 4.69) is 15.3 Å². The quantitative estimate of drug-likeness (QED) is 0.589. The first-order chi connectivity index (χ1) is 13.0. The van der Waals surface area contributed by atoms with Crippen LogP contribution in [0.25, 0.3) is 20.4 Å². The third-order valence-corrected chi connectivity index (χ3v) is 5.34. The largest absolute Gasteiger partial charge is 0.350 e. The zero-order valence-electron chi connectivity index (χ0n) is 14.4. The Hall–Kier alpha value is -3.13. The molecule has 6 nitrogen and oxygen atoms in total. The summed E-state index contributed by atoms with van der Waals surface area (Å²) in [6.07, 6.45) is 1.67. The van der Waals surface area contributed by atoms with Gasteiger partial charge in [0.1, 0.15) is 27.7 Å². The normalized spacial score (nSPS) is 11.2. The molecule has 4 rings (SSSR count). The zero-order chi connectivity index (χ0) is 19.0. The molecule has 27 heavy (non-hydrogen) atoms. The second kappa shape index (κ2) is 6.88. The molecule has 0 aliphatic carbocycles. The highest BCUT2D eigenvalue weighted by atomic mass is 32.1. The monoisotopic (exact) mass is 382 g/mol. The van der Waals surface area contributed by atoms with E-state index in [1.807, 2.05) is 6.07 Å². The number of carbonyl (C=O) groups excluding carboxylic acids is 1. The molecule has 0 unspecified atom stereocenters. The number of amides is 1. The van der Waals surface area contributed by atoms with E-state index < -0.39 is 0 Å². The average molecular weight is 382 g/mol. The van der Waals surface area contributed by atoms with E-state index in [0.717, 1.165) is 15.8 Å². The Morgan fingerprint density at radius 3 is 2.81 bits per heavy atom. The van der Waals surface area contributed by atoms with Gasteiger partial charge in [-0.1, -0.05) is 12.1 Å². The summed E-state index contributed by atoms with van der Waals surface area (Å²) >= 11 is 1.28. The highest BCUT2D eigenvalue weighted by Gasteiger charge is 2.16. The Morgan fingerprint density at radius 1 is 1.26 bits per heavy atom. The van der Waals surface area contributed by atoms with Crippen molar-refractivity contribution in [3.05, 3.63) is 70.2 Å². The molecule has 0 fully saturated rings. The summed E-state index contributed by atoms with van der Waals surface area (Å²) in [5.41, 5.74) is 1.14. The van der Waals surface area contributed by atoms with Gasteiger partial charge in [0.15, 0.2) is 0 Å². The number of nitrogens with zero attached hydrogens (tertiary/aromatic N) is 3. The molecule has 3 heterocycles. The van der Waals surface area contributed by atoms with Crippen molar-refractivity contribution < 1.29 is 9.18 Å². The summed E-state index contributed by atoms with van der Waals surface area (Å²) in [6, 6.07) is 9.56. The van der Waals surface area contributed by atoms with Gasteiger partial charge in [0.2, 0.25) is 5.91 Å². The molecule has 0 aliphatic heterocycles. The number of nitrogens with one attached hydrogen (secondary N) is 1. The average Bonchev–Trinajstić information content (AvgIpc) is 3.03. The number of rotatable bonds is 4. The van der Waals surface area contributed by atoms with Crippen LogP contribution in [-0.4, -0.2) is 20.4 Å². The number of carbonyl (C=O) groups is 1. The Bertz CT molecular complexity index is 1210. The third-order valence-electron chi connectivity index (χ3n) is 4.25. The number of fused-ring (bicyclic) bond motifs is 3. The van der Waals surface area contributed by atoms with Gasteiger partial charge in [0, 0.05) is 18.1 Å². The molecule has 136 valence electrons. The highest BCUT2D eigenvalue weighted by Crippen LogP contribution is 2.28. The Labute approximate surface area is 157 Å². The number of aryl methyl sites for hydroxylation is 1. The first-order valence-electron chi connectivity index (χ1n) is 8.29. The molecule has 0 spiro atoms. The minimum Gasteiger partial charge on any atom is -0.350 e. The van der Waals surface area contributed by atoms with Gasteiger partial charge in [0.25, 0.3) is 5.56 Å². The van der Waals surface area contributed by atoms with Gasteiger partial charge in [-0.25, -0.2) is 14.4 Å². The van der Waals surface area contributed by atoms with Crippen molar-refractivity contribution >= 4 is 37.7 Å². The second-order valence-corrected chi connectivity index (χ2v) is 7.09. The predicted octanol–water partition coefficient (Wildman–Crippen LogP) is 2.77. The number of thiophene rings is 1. The van der Waals surface area contributed by atoms with E-state index in [9.17, 15) is 14.0 Å². The van der Waals surface area contributed by atoms with E-state index >= 15 is 0 Å². The Kier molecular flexibility index (Phi) is 4.41. The summed E-state index contributed by atoms with van der Waals surface area (Å²) in [5.74, 6) is -0.178. The van der Waals surface area contributed by atoms with Gasteiger partial charge in [-0.05, 0) is 36.8 Å². The van der Waals surface area contributed by atoms with Gasteiger partial charge < -0.3 is 5.32 Å². The molecule has 0 atom stereocenters. The summed E-state index contributed by atoms with van der Waals surface area (Å²) < 4.78 is 14.8. The van der Waals surface area contributed by atoms with Gasteiger partial charge in [0.05, 0.1) is 5.52 Å². The maximum atomic E-state index is 12.9. The fourth-order valence-electron chi connectivity index (χ4n) is 2.86. The van der Waals surface area contributed by atoms with E-state index in [1.165, 1.54) is 28.0 Å². The maximum Gasteiger partial charge on any atom is 0.272 e. The lowest BCUT2D eigenvalue weighted by Crippen LogP contribution is -2.33. The molecule has 0 radical (unpaired) electrons. The van der Waals surface area contributed by atoms with Crippen LogP contribution in [0.2, 0.25) is 0 Å². The number of hydrogen-bond acceptors (Lipinski definition) is 5. The van der Waals surface area contributed by atoms with Crippen molar-refractivity contribution in [3.63, 3.8) is 0 Å². The molecule has 3 aromatic heterocycles. The van der Waals surface area contributed by atoms with Crippen LogP contribution in [0.15, 0.2) is 47.4 Å². The molecule has 1 aromatic carbocycles. The van der Waals surface area contributed by atoms with Crippen LogP contribution in [0.5, 0.6) is 0 Å². The topological polar surface area (TPSA) is 76.9 Å². The van der Waals surface area contributed by atoms with Crippen LogP contribution in [0.1, 0.15) is 11.4 Å². The van der Waals surface area contributed by atoms with Crippen LogP contribution in [0.3, 0.4) is 0 Å². The van der Waals surface area contributed by atoms with Crippen LogP contribution < -0.4 is 10.9 Å². The summed E-state index contributed by atoms with van der Waals surface area (Å²) in [7, 11) is 0. The number of aromatic nitrogens is 3. The van der Waals surface area contributed by atoms with Gasteiger partial charge in [-0.15, -0.1) is 11.3 Å². The van der Waals surface area contributed by atoms with Crippen molar-refractivity contribution in [1.29, 1.82) is 0 Å². The van der Waals surface area contributed by atoms with E-state index in [4.69, 9.17) is 0 Å². The van der Waals surface area contributed by atoms with Crippen molar-refractivity contribution in [2.24, 2.45) is 0 Å². The number of hydrogen-bond donors (Lipinski definition) is 1. The third kappa shape index (κ3) is 3.31. The number of halogens is 1. The lowest BCUT2D eigenvalue weighted by Gasteiger charge is -2.10. The lowest BCUT2D eigenvalue weighted by atomic mass is 10.2. The molecule has 8 heteroatoms. The van der Waals surface area contributed by atoms with Gasteiger partial charge >= 0.3 is 0 Å². The van der Waals surface area contributed by atoms with E-state index in [-0.39, 0.29) is 30.4 Å². The van der Waals surface area contributed by atoms with Gasteiger partial charge in [-0.3, -0.25) is 14.2 Å². The molecule has 1 amide bonds. The minimum absolute atomic E-state index is 0.128. The van der Waals surface area contributed by atoms with Crippen LogP contribution in [0.4, 0.5) is 4.39 Å². The van der Waals surface area contributed by atoms with Crippen molar-refractivity contribution in [2.75, 3.05) is 0 Å². The fraction of sp³-hybridized carbons (Fsp3) is 0.158. The van der Waals surface area contributed by atoms with Crippen LogP contribution >= 0.6 is 11.3 Å². The Morgan fingerprint density at radius 2 is 2.04 bits per heavy atom. The predicted molar refractivity (Wildman–Crippen MR) is 102 cm³/mol. The molecule has 0 bridgehead atoms. The first-order valence-corrected chi connectivity index (χ1v) is 9.10. The van der Waals surface area contributed by atoms with Crippen LogP contribution in [-0.2, 0) is 17.9 Å². The SMILES string of the molecule is Cc1nc2c(sc3ncccc32)c(=O)n1CC(=O)NCc1ccc(F)cc1. The second-order valence-electron chi connectivity index (χ2n) is 6.09. The molecular weight excluding hydrogens is 367 g/mol. The van der Waals surface area contributed by atoms with E-state index in [0.29, 0.717) is 16.0 Å². The van der Waals surface area contributed by atoms with Crippen molar-refractivity contribution in [1.82, 2.24) is 19.9 Å².